The number of amides is 1. The zero-order valence-corrected chi connectivity index (χ0v) is 13.6. The molecule has 0 heterocycles. The van der Waals surface area contributed by atoms with E-state index in [0.717, 1.165) is 12.8 Å². The summed E-state index contributed by atoms with van der Waals surface area (Å²) in [6.07, 6.45) is 1.77. The van der Waals surface area contributed by atoms with Crippen molar-refractivity contribution in [2.24, 2.45) is 5.92 Å². The Labute approximate surface area is 135 Å². The lowest BCUT2D eigenvalue weighted by molar-refractivity contribution is -0.385. The van der Waals surface area contributed by atoms with E-state index in [2.05, 4.69) is 5.32 Å². The summed E-state index contributed by atoms with van der Waals surface area (Å²) in [5, 5.41) is 13.7. The number of nitrogens with zero attached hydrogens (tertiary/aromatic N) is 1. The second-order valence-corrected chi connectivity index (χ2v) is 5.83. The molecule has 2 unspecified atom stereocenters. The van der Waals surface area contributed by atoms with Crippen LogP contribution in [0.2, 0.25) is 0 Å². The zero-order valence-electron chi connectivity index (χ0n) is 13.6. The number of carbonyl (C=O) groups is 1. The Morgan fingerprint density at radius 1 is 1.43 bits per heavy atom. The Bertz CT molecular complexity index is 586. The maximum atomic E-state index is 12.2. The van der Waals surface area contributed by atoms with Crippen molar-refractivity contribution in [1.82, 2.24) is 5.32 Å². The first-order valence-electron chi connectivity index (χ1n) is 7.66. The number of benzene rings is 1. The second kappa shape index (κ2) is 7.41. The average molecular weight is 322 g/mol. The van der Waals surface area contributed by atoms with Crippen LogP contribution in [0.1, 0.15) is 38.3 Å². The number of nitro benzene ring substituents is 1. The molecule has 7 heteroatoms. The van der Waals surface area contributed by atoms with Crippen LogP contribution >= 0.6 is 0 Å². The van der Waals surface area contributed by atoms with Crippen LogP contribution in [0.3, 0.4) is 0 Å². The summed E-state index contributed by atoms with van der Waals surface area (Å²) in [5.41, 5.74) is 0.518. The van der Waals surface area contributed by atoms with Gasteiger partial charge < -0.3 is 14.8 Å². The Morgan fingerprint density at radius 3 is 2.70 bits per heavy atom. The summed E-state index contributed by atoms with van der Waals surface area (Å²) in [7, 11) is 1.49. The molecule has 1 aromatic rings. The highest BCUT2D eigenvalue weighted by Crippen LogP contribution is 2.30. The quantitative estimate of drug-likeness (QED) is 0.587. The molecule has 1 saturated carbocycles. The van der Waals surface area contributed by atoms with Gasteiger partial charge in [-0.05, 0) is 38.7 Å². The molecule has 0 aliphatic heterocycles. The maximum absolute atomic E-state index is 12.2. The van der Waals surface area contributed by atoms with Gasteiger partial charge in [-0.25, -0.2) is 0 Å². The van der Waals surface area contributed by atoms with E-state index in [1.807, 2.05) is 0 Å². The van der Waals surface area contributed by atoms with E-state index in [0.29, 0.717) is 23.8 Å². The van der Waals surface area contributed by atoms with Crippen molar-refractivity contribution in [3.8, 4) is 5.75 Å². The van der Waals surface area contributed by atoms with Crippen molar-refractivity contribution < 1.29 is 19.2 Å². The van der Waals surface area contributed by atoms with Gasteiger partial charge in [0.05, 0.1) is 24.7 Å². The molecule has 0 bridgehead atoms. The van der Waals surface area contributed by atoms with Crippen molar-refractivity contribution in [2.45, 2.75) is 38.8 Å². The number of rotatable bonds is 8. The van der Waals surface area contributed by atoms with Gasteiger partial charge in [0.15, 0.2) is 0 Å². The minimum Gasteiger partial charge on any atom is -0.496 e. The van der Waals surface area contributed by atoms with Gasteiger partial charge in [-0.1, -0.05) is 0 Å². The largest absolute Gasteiger partial charge is 0.496 e. The monoisotopic (exact) mass is 322 g/mol. The fourth-order valence-electron chi connectivity index (χ4n) is 2.22. The van der Waals surface area contributed by atoms with Gasteiger partial charge in [-0.2, -0.15) is 0 Å². The molecule has 1 amide bonds. The van der Waals surface area contributed by atoms with Gasteiger partial charge in [-0.15, -0.1) is 0 Å². The molecule has 1 N–H and O–H groups in total. The van der Waals surface area contributed by atoms with E-state index in [-0.39, 0.29) is 11.6 Å². The molecule has 7 nitrogen and oxygen atoms in total. The normalized spacial score (nSPS) is 16.5. The Kier molecular flexibility index (Phi) is 5.54. The van der Waals surface area contributed by atoms with Crippen molar-refractivity contribution in [1.29, 1.82) is 0 Å². The number of methoxy groups -OCH3 is 1. The molecule has 1 aliphatic rings. The first-order chi connectivity index (χ1) is 10.9. The molecule has 0 radical (unpaired) electrons. The SMILES string of the molecule is COc1ccc([N+](=O)[O-])cc1C(C)NC(=O)C(C)OCC1CC1. The van der Waals surface area contributed by atoms with Gasteiger partial charge in [-0.3, -0.25) is 14.9 Å². The summed E-state index contributed by atoms with van der Waals surface area (Å²) >= 11 is 0. The van der Waals surface area contributed by atoms with E-state index < -0.39 is 17.1 Å². The first kappa shape index (κ1) is 17.2. The van der Waals surface area contributed by atoms with Crippen molar-refractivity contribution in [3.05, 3.63) is 33.9 Å². The van der Waals surface area contributed by atoms with Crippen LogP contribution in [-0.4, -0.2) is 30.7 Å². The zero-order chi connectivity index (χ0) is 17.0. The fourth-order valence-corrected chi connectivity index (χ4v) is 2.22. The third-order valence-electron chi connectivity index (χ3n) is 3.90. The van der Waals surface area contributed by atoms with Gasteiger partial charge in [0, 0.05) is 17.7 Å². The molecule has 0 aromatic heterocycles. The smallest absolute Gasteiger partial charge is 0.270 e. The number of nitrogens with one attached hydrogen (secondary N) is 1. The highest BCUT2D eigenvalue weighted by molar-refractivity contribution is 5.80. The Hall–Kier alpha value is -2.15. The fraction of sp³-hybridized carbons (Fsp3) is 0.562. The molecule has 1 aliphatic carbocycles. The highest BCUT2D eigenvalue weighted by Gasteiger charge is 2.25. The maximum Gasteiger partial charge on any atom is 0.270 e. The number of ether oxygens (including phenoxy) is 2. The van der Waals surface area contributed by atoms with Crippen LogP contribution in [0.15, 0.2) is 18.2 Å². The predicted molar refractivity (Wildman–Crippen MR) is 84.3 cm³/mol. The highest BCUT2D eigenvalue weighted by atomic mass is 16.6. The van der Waals surface area contributed by atoms with Crippen molar-refractivity contribution in [2.75, 3.05) is 13.7 Å². The minimum absolute atomic E-state index is 0.0417. The lowest BCUT2D eigenvalue weighted by atomic mass is 10.1. The van der Waals surface area contributed by atoms with Crippen LogP contribution in [0.5, 0.6) is 5.75 Å². The van der Waals surface area contributed by atoms with Crippen molar-refractivity contribution >= 4 is 11.6 Å². The Balaban J connectivity index is 2.02. The molecule has 0 spiro atoms. The summed E-state index contributed by atoms with van der Waals surface area (Å²) in [6.45, 7) is 4.06. The third kappa shape index (κ3) is 4.66. The van der Waals surface area contributed by atoms with Gasteiger partial charge in [0.25, 0.3) is 5.69 Å². The van der Waals surface area contributed by atoms with Gasteiger partial charge in [0.1, 0.15) is 11.9 Å². The van der Waals surface area contributed by atoms with E-state index in [9.17, 15) is 14.9 Å². The van der Waals surface area contributed by atoms with E-state index >= 15 is 0 Å². The molecule has 2 atom stereocenters. The van der Waals surface area contributed by atoms with Crippen LogP contribution in [0.25, 0.3) is 0 Å². The van der Waals surface area contributed by atoms with Crippen LogP contribution in [-0.2, 0) is 9.53 Å². The second-order valence-electron chi connectivity index (χ2n) is 5.83. The van der Waals surface area contributed by atoms with E-state index in [4.69, 9.17) is 9.47 Å². The lowest BCUT2D eigenvalue weighted by Gasteiger charge is -2.20. The predicted octanol–water partition coefficient (Wildman–Crippen LogP) is 2.60. The number of non-ortho nitro benzene ring substituents is 1. The van der Waals surface area contributed by atoms with E-state index in [1.165, 1.54) is 25.3 Å². The van der Waals surface area contributed by atoms with Gasteiger partial charge >= 0.3 is 0 Å². The molecule has 126 valence electrons. The van der Waals surface area contributed by atoms with Crippen molar-refractivity contribution in [3.63, 3.8) is 0 Å². The molecule has 0 saturated heterocycles. The summed E-state index contributed by atoms with van der Waals surface area (Å²) in [4.78, 5) is 22.6. The number of hydrogen-bond donors (Lipinski definition) is 1. The van der Waals surface area contributed by atoms with E-state index in [1.54, 1.807) is 13.8 Å². The molecule has 23 heavy (non-hydrogen) atoms. The van der Waals surface area contributed by atoms with Crippen LogP contribution in [0.4, 0.5) is 5.69 Å². The molecule has 1 aromatic carbocycles. The minimum atomic E-state index is -0.553. The lowest BCUT2D eigenvalue weighted by Crippen LogP contribution is -2.36. The first-order valence-corrected chi connectivity index (χ1v) is 7.66. The third-order valence-corrected chi connectivity index (χ3v) is 3.90. The average Bonchev–Trinajstić information content (AvgIpc) is 3.35. The number of hydrogen-bond acceptors (Lipinski definition) is 5. The molecule has 2 rings (SSSR count). The summed E-state index contributed by atoms with van der Waals surface area (Å²) in [5.74, 6) is 0.834. The number of carbonyl (C=O) groups excluding carboxylic acids is 1. The Morgan fingerprint density at radius 2 is 2.13 bits per heavy atom. The topological polar surface area (TPSA) is 90.7 Å². The summed E-state index contributed by atoms with van der Waals surface area (Å²) in [6, 6.07) is 3.89. The van der Waals surface area contributed by atoms with Crippen LogP contribution in [0, 0.1) is 16.0 Å². The molecular weight excluding hydrogens is 300 g/mol. The van der Waals surface area contributed by atoms with Gasteiger partial charge in [0.2, 0.25) is 5.91 Å². The summed E-state index contributed by atoms with van der Waals surface area (Å²) < 4.78 is 10.8. The number of nitro groups is 1. The molecule has 1 fully saturated rings. The van der Waals surface area contributed by atoms with Crippen LogP contribution < -0.4 is 10.1 Å². The molecular formula is C16H22N2O5. The standard InChI is InChI=1S/C16H22N2O5/c1-10(17-16(19)11(2)23-9-12-4-5-12)14-8-13(18(20)21)6-7-15(14)22-3/h6-8,10-12H,4-5,9H2,1-3H3,(H,17,19).